The van der Waals surface area contributed by atoms with Crippen molar-refractivity contribution >= 4 is 5.82 Å². The number of aromatic nitrogens is 3. The number of pyridine rings is 1. The van der Waals surface area contributed by atoms with E-state index in [0.717, 1.165) is 28.2 Å². The molecule has 0 amide bonds. The molecule has 0 spiro atoms. The van der Waals surface area contributed by atoms with E-state index in [-0.39, 0.29) is 0 Å². The lowest BCUT2D eigenvalue weighted by atomic mass is 9.84. The minimum Gasteiger partial charge on any atom is -0.497 e. The van der Waals surface area contributed by atoms with Crippen LogP contribution in [0.4, 0.5) is 5.82 Å². The molecule has 0 bridgehead atoms. The van der Waals surface area contributed by atoms with Crippen molar-refractivity contribution in [1.29, 1.82) is 0 Å². The van der Waals surface area contributed by atoms with E-state index in [9.17, 15) is 5.11 Å². The van der Waals surface area contributed by atoms with Gasteiger partial charge in [-0.25, -0.2) is 9.97 Å². The van der Waals surface area contributed by atoms with Gasteiger partial charge < -0.3 is 19.5 Å². The molecule has 0 radical (unpaired) electrons. The lowest BCUT2D eigenvalue weighted by Crippen LogP contribution is -2.43. The van der Waals surface area contributed by atoms with Crippen molar-refractivity contribution in [2.75, 3.05) is 32.2 Å². The van der Waals surface area contributed by atoms with Gasteiger partial charge in [-0.1, -0.05) is 0 Å². The first-order valence-corrected chi connectivity index (χ1v) is 10.4. The highest BCUT2D eigenvalue weighted by Crippen LogP contribution is 2.38. The monoisotopic (exact) mass is 420 g/mol. The molecule has 7 heteroatoms. The molecule has 2 aromatic heterocycles. The Morgan fingerprint density at radius 3 is 2.13 bits per heavy atom. The third-order valence-corrected chi connectivity index (χ3v) is 6.08. The van der Waals surface area contributed by atoms with Gasteiger partial charge in [-0.3, -0.25) is 4.98 Å². The Hall–Kier alpha value is -3.19. The molecule has 3 aromatic rings. The number of piperidine rings is 1. The Labute approximate surface area is 182 Å². The second-order valence-electron chi connectivity index (χ2n) is 7.94. The smallest absolute Gasteiger partial charge is 0.161 e. The maximum absolute atomic E-state index is 11.4. The van der Waals surface area contributed by atoms with Gasteiger partial charge in [0.2, 0.25) is 0 Å². The normalized spacial score (nSPS) is 15.6. The average Bonchev–Trinajstić information content (AvgIpc) is 2.81. The lowest BCUT2D eigenvalue weighted by Gasteiger charge is -2.39. The fourth-order valence-electron chi connectivity index (χ4n) is 4.00. The first-order chi connectivity index (χ1) is 14.9. The summed E-state index contributed by atoms with van der Waals surface area (Å²) in [6.45, 7) is 5.43. The maximum Gasteiger partial charge on any atom is 0.161 e. The van der Waals surface area contributed by atoms with Crippen molar-refractivity contribution in [2.24, 2.45) is 0 Å². The highest BCUT2D eigenvalue weighted by molar-refractivity contribution is 5.60. The van der Waals surface area contributed by atoms with E-state index in [1.54, 1.807) is 26.6 Å². The van der Waals surface area contributed by atoms with Crippen molar-refractivity contribution in [3.05, 3.63) is 59.5 Å². The fourth-order valence-corrected chi connectivity index (χ4v) is 4.00. The van der Waals surface area contributed by atoms with Crippen LogP contribution in [-0.2, 0) is 5.60 Å². The number of hydrogen-bond donors (Lipinski definition) is 1. The Balaban J connectivity index is 1.60. The number of rotatable bonds is 5. The van der Waals surface area contributed by atoms with Crippen molar-refractivity contribution in [2.45, 2.75) is 32.3 Å². The molecule has 162 valence electrons. The Bertz CT molecular complexity index is 1040. The summed E-state index contributed by atoms with van der Waals surface area (Å²) in [6.07, 6.45) is 4.65. The molecule has 0 atom stereocenters. The van der Waals surface area contributed by atoms with E-state index in [1.165, 1.54) is 0 Å². The van der Waals surface area contributed by atoms with Gasteiger partial charge in [0.1, 0.15) is 17.3 Å². The summed E-state index contributed by atoms with van der Waals surface area (Å²) < 4.78 is 10.8. The van der Waals surface area contributed by atoms with Crippen molar-refractivity contribution in [3.8, 4) is 22.9 Å². The highest BCUT2D eigenvalue weighted by atomic mass is 16.5. The van der Waals surface area contributed by atoms with Crippen LogP contribution < -0.4 is 14.4 Å². The van der Waals surface area contributed by atoms with Gasteiger partial charge in [-0.05, 0) is 56.5 Å². The van der Waals surface area contributed by atoms with E-state index >= 15 is 0 Å². The molecule has 1 aliphatic heterocycles. The number of nitrogens with zero attached hydrogens (tertiary/aromatic N) is 4. The number of ether oxygens (including phenoxy) is 2. The zero-order valence-electron chi connectivity index (χ0n) is 18.4. The van der Waals surface area contributed by atoms with Crippen LogP contribution in [-0.4, -0.2) is 47.4 Å². The second-order valence-corrected chi connectivity index (χ2v) is 7.94. The molecule has 1 saturated heterocycles. The van der Waals surface area contributed by atoms with Crippen molar-refractivity contribution in [1.82, 2.24) is 15.0 Å². The number of anilines is 1. The highest BCUT2D eigenvalue weighted by Gasteiger charge is 2.36. The number of benzene rings is 1. The summed E-state index contributed by atoms with van der Waals surface area (Å²) in [7, 11) is 3.23. The fraction of sp³-hybridized carbons (Fsp3) is 0.375. The Kier molecular flexibility index (Phi) is 5.78. The maximum atomic E-state index is 11.4. The molecule has 0 aliphatic carbocycles. The summed E-state index contributed by atoms with van der Waals surface area (Å²) >= 11 is 0. The van der Waals surface area contributed by atoms with Gasteiger partial charge in [0.25, 0.3) is 0 Å². The van der Waals surface area contributed by atoms with Gasteiger partial charge in [-0.2, -0.15) is 0 Å². The number of aryl methyl sites for hydroxylation is 1. The molecule has 3 heterocycles. The van der Waals surface area contributed by atoms with Crippen LogP contribution in [0.3, 0.4) is 0 Å². The summed E-state index contributed by atoms with van der Waals surface area (Å²) in [4.78, 5) is 15.9. The molecule has 7 nitrogen and oxygen atoms in total. The summed E-state index contributed by atoms with van der Waals surface area (Å²) in [5.74, 6) is 2.97. The second kappa shape index (κ2) is 8.51. The van der Waals surface area contributed by atoms with Crippen LogP contribution in [0.2, 0.25) is 0 Å². The zero-order valence-corrected chi connectivity index (χ0v) is 18.4. The number of hydrogen-bond acceptors (Lipinski definition) is 7. The minimum absolute atomic E-state index is 0.580. The molecular formula is C24H28N4O3. The lowest BCUT2D eigenvalue weighted by molar-refractivity contribution is 0.0113. The molecule has 0 saturated carbocycles. The number of aliphatic hydroxyl groups is 1. The Morgan fingerprint density at radius 2 is 1.55 bits per heavy atom. The van der Waals surface area contributed by atoms with Crippen LogP contribution in [0.1, 0.15) is 29.7 Å². The summed E-state index contributed by atoms with van der Waals surface area (Å²) in [6, 6.07) is 9.42. The van der Waals surface area contributed by atoms with E-state index in [1.807, 2.05) is 37.3 Å². The van der Waals surface area contributed by atoms with Gasteiger partial charge in [0.05, 0.1) is 19.8 Å². The molecular weight excluding hydrogens is 392 g/mol. The van der Waals surface area contributed by atoms with Crippen LogP contribution in [0.5, 0.6) is 11.5 Å². The zero-order chi connectivity index (χ0) is 22.0. The van der Waals surface area contributed by atoms with Crippen molar-refractivity contribution < 1.29 is 14.6 Å². The first kappa shape index (κ1) is 21.1. The minimum atomic E-state index is -0.942. The van der Waals surface area contributed by atoms with Crippen LogP contribution in [0.25, 0.3) is 11.4 Å². The van der Waals surface area contributed by atoms with Gasteiger partial charge in [-0.15, -0.1) is 0 Å². The third kappa shape index (κ3) is 4.18. The average molecular weight is 421 g/mol. The molecule has 4 rings (SSSR count). The number of methoxy groups -OCH3 is 2. The topological polar surface area (TPSA) is 80.6 Å². The molecule has 0 unspecified atom stereocenters. The van der Waals surface area contributed by atoms with E-state index in [0.29, 0.717) is 43.3 Å². The van der Waals surface area contributed by atoms with Gasteiger partial charge >= 0.3 is 0 Å². The molecule has 31 heavy (non-hydrogen) atoms. The first-order valence-electron chi connectivity index (χ1n) is 10.4. The SMILES string of the molecule is COc1cc(OC)cc(C2(O)CCN(c3nc(-c4ccncc4)nc(C)c3C)CC2)c1. The molecule has 1 aliphatic rings. The standard InChI is InChI=1S/C24H28N4O3/c1-16-17(2)26-22(18-5-9-25-10-6-18)27-23(16)28-11-7-24(29,8-12-28)19-13-20(30-3)15-21(14-19)31-4/h5-6,9-10,13-15,29H,7-8,11-12H2,1-4H3. The van der Waals surface area contributed by atoms with Crippen molar-refractivity contribution in [3.63, 3.8) is 0 Å². The summed E-state index contributed by atoms with van der Waals surface area (Å²) in [5, 5.41) is 11.4. The van der Waals surface area contributed by atoms with Gasteiger partial charge in [0.15, 0.2) is 5.82 Å². The van der Waals surface area contributed by atoms with Crippen LogP contribution in [0, 0.1) is 13.8 Å². The van der Waals surface area contributed by atoms with E-state index < -0.39 is 5.60 Å². The predicted molar refractivity (Wildman–Crippen MR) is 120 cm³/mol. The van der Waals surface area contributed by atoms with Crippen LogP contribution >= 0.6 is 0 Å². The predicted octanol–water partition coefficient (Wildman–Crippen LogP) is 3.66. The van der Waals surface area contributed by atoms with E-state index in [4.69, 9.17) is 14.5 Å². The molecule has 1 fully saturated rings. The van der Waals surface area contributed by atoms with Gasteiger partial charge in [0, 0.05) is 48.4 Å². The quantitative estimate of drug-likeness (QED) is 0.675. The van der Waals surface area contributed by atoms with Crippen LogP contribution in [0.15, 0.2) is 42.7 Å². The molecule has 1 aromatic carbocycles. The molecule has 1 N–H and O–H groups in total. The largest absolute Gasteiger partial charge is 0.497 e. The third-order valence-electron chi connectivity index (χ3n) is 6.08. The Morgan fingerprint density at radius 1 is 0.935 bits per heavy atom. The summed E-state index contributed by atoms with van der Waals surface area (Å²) in [5.41, 5.74) is 2.83. The van der Waals surface area contributed by atoms with E-state index in [2.05, 4.69) is 21.8 Å².